The van der Waals surface area contributed by atoms with Gasteiger partial charge in [0.25, 0.3) is 0 Å². The third-order valence-corrected chi connectivity index (χ3v) is 6.96. The summed E-state index contributed by atoms with van der Waals surface area (Å²) in [5.74, 6) is 2.28. The van der Waals surface area contributed by atoms with Gasteiger partial charge in [-0.2, -0.15) is 0 Å². The van der Waals surface area contributed by atoms with Crippen molar-refractivity contribution >= 4 is 11.3 Å². The lowest BCUT2D eigenvalue weighted by atomic mass is 9.94. The largest absolute Gasteiger partial charge is 0.489 e. The minimum atomic E-state index is 0.424. The molecule has 1 aliphatic rings. The maximum absolute atomic E-state index is 9.09. The van der Waals surface area contributed by atoms with Crippen molar-refractivity contribution in [3.8, 4) is 5.75 Å². The number of aromatic nitrogens is 1. The number of rotatable bonds is 11. The first-order chi connectivity index (χ1) is 18.0. The van der Waals surface area contributed by atoms with Crippen LogP contribution in [0.4, 0.5) is 0 Å². The SMILES string of the molecule is CCCCCC1CCN/C(=C(/C(=N)c2ccncc2)c2ccc(OCc3ccc(C(C)C)cc3)cc2)N1. The second-order valence-corrected chi connectivity index (χ2v) is 10.1. The number of benzene rings is 2. The Labute approximate surface area is 221 Å². The van der Waals surface area contributed by atoms with Gasteiger partial charge in [0.05, 0.1) is 5.71 Å². The number of pyridine rings is 1. The van der Waals surface area contributed by atoms with E-state index < -0.39 is 0 Å². The summed E-state index contributed by atoms with van der Waals surface area (Å²) in [6.07, 6.45) is 9.44. The van der Waals surface area contributed by atoms with Crippen molar-refractivity contribution in [2.45, 2.75) is 71.4 Å². The Kier molecular flexibility index (Phi) is 9.36. The van der Waals surface area contributed by atoms with Crippen molar-refractivity contribution in [2.75, 3.05) is 6.54 Å². The van der Waals surface area contributed by atoms with E-state index in [0.29, 0.717) is 24.3 Å². The van der Waals surface area contributed by atoms with Gasteiger partial charge in [-0.05, 0) is 59.7 Å². The van der Waals surface area contributed by atoms with Gasteiger partial charge in [-0.25, -0.2) is 0 Å². The minimum absolute atomic E-state index is 0.424. The molecule has 0 aliphatic carbocycles. The lowest BCUT2D eigenvalue weighted by molar-refractivity contribution is 0.306. The summed E-state index contributed by atoms with van der Waals surface area (Å²) in [5.41, 5.74) is 5.68. The smallest absolute Gasteiger partial charge is 0.119 e. The molecule has 5 nitrogen and oxygen atoms in total. The second-order valence-electron chi connectivity index (χ2n) is 10.1. The maximum Gasteiger partial charge on any atom is 0.119 e. The molecule has 37 heavy (non-hydrogen) atoms. The molecule has 0 saturated carbocycles. The monoisotopic (exact) mass is 496 g/mol. The van der Waals surface area contributed by atoms with Gasteiger partial charge in [-0.15, -0.1) is 0 Å². The van der Waals surface area contributed by atoms with E-state index in [1.165, 1.54) is 24.8 Å². The highest BCUT2D eigenvalue weighted by molar-refractivity contribution is 6.30. The highest BCUT2D eigenvalue weighted by atomic mass is 16.5. The van der Waals surface area contributed by atoms with E-state index in [1.54, 1.807) is 12.4 Å². The van der Waals surface area contributed by atoms with Crippen LogP contribution in [0.3, 0.4) is 0 Å². The summed E-state index contributed by atoms with van der Waals surface area (Å²) in [7, 11) is 0. The van der Waals surface area contributed by atoms with Crippen molar-refractivity contribution in [3.63, 3.8) is 0 Å². The molecular formula is C32H40N4O. The van der Waals surface area contributed by atoms with Crippen LogP contribution in [0, 0.1) is 5.41 Å². The Hall–Kier alpha value is -3.60. The maximum atomic E-state index is 9.09. The summed E-state index contributed by atoms with van der Waals surface area (Å²) in [4.78, 5) is 4.14. The Balaban J connectivity index is 1.53. The van der Waals surface area contributed by atoms with E-state index in [-0.39, 0.29) is 0 Å². The van der Waals surface area contributed by atoms with Crippen molar-refractivity contribution in [1.29, 1.82) is 5.41 Å². The van der Waals surface area contributed by atoms with Gasteiger partial charge >= 0.3 is 0 Å². The third-order valence-electron chi connectivity index (χ3n) is 6.96. The highest BCUT2D eigenvalue weighted by Gasteiger charge is 2.22. The van der Waals surface area contributed by atoms with Gasteiger partial charge < -0.3 is 15.4 Å². The molecule has 3 N–H and O–H groups in total. The van der Waals surface area contributed by atoms with E-state index in [2.05, 4.69) is 72.8 Å². The Morgan fingerprint density at radius 1 is 0.973 bits per heavy atom. The van der Waals surface area contributed by atoms with E-state index in [9.17, 15) is 0 Å². The first kappa shape index (κ1) is 26.5. The summed E-state index contributed by atoms with van der Waals surface area (Å²) in [6.45, 7) is 8.08. The first-order valence-electron chi connectivity index (χ1n) is 13.6. The van der Waals surface area contributed by atoms with Crippen LogP contribution >= 0.6 is 0 Å². The number of allylic oxidation sites excluding steroid dienone is 1. The Morgan fingerprint density at radius 3 is 2.38 bits per heavy atom. The number of hydrogen-bond donors (Lipinski definition) is 3. The Morgan fingerprint density at radius 2 is 1.70 bits per heavy atom. The lowest BCUT2D eigenvalue weighted by Crippen LogP contribution is -2.44. The van der Waals surface area contributed by atoms with Gasteiger partial charge in [0.2, 0.25) is 0 Å². The summed E-state index contributed by atoms with van der Waals surface area (Å²) in [5, 5.41) is 16.4. The van der Waals surface area contributed by atoms with Crippen LogP contribution in [0.1, 0.15) is 81.0 Å². The van der Waals surface area contributed by atoms with Crippen LogP contribution in [0.15, 0.2) is 78.9 Å². The van der Waals surface area contributed by atoms with E-state index in [1.807, 2.05) is 24.3 Å². The van der Waals surface area contributed by atoms with Gasteiger partial charge in [-0.3, -0.25) is 10.4 Å². The zero-order chi connectivity index (χ0) is 26.0. The predicted molar refractivity (Wildman–Crippen MR) is 153 cm³/mol. The molecule has 0 spiro atoms. The fraction of sp³-hybridized carbons (Fsp3) is 0.375. The molecular weight excluding hydrogens is 456 g/mol. The molecule has 2 aromatic carbocycles. The lowest BCUT2D eigenvalue weighted by Gasteiger charge is -2.31. The number of nitrogens with one attached hydrogen (secondary N) is 3. The highest BCUT2D eigenvalue weighted by Crippen LogP contribution is 2.26. The molecule has 1 aliphatic heterocycles. The average molecular weight is 497 g/mol. The molecule has 0 bridgehead atoms. The summed E-state index contributed by atoms with van der Waals surface area (Å²) < 4.78 is 6.08. The first-order valence-corrected chi connectivity index (χ1v) is 13.6. The van der Waals surface area contributed by atoms with Crippen molar-refractivity contribution in [2.24, 2.45) is 0 Å². The zero-order valence-electron chi connectivity index (χ0n) is 22.4. The molecule has 4 rings (SSSR count). The molecule has 1 saturated heterocycles. The summed E-state index contributed by atoms with van der Waals surface area (Å²) >= 11 is 0. The van der Waals surface area contributed by atoms with E-state index in [4.69, 9.17) is 10.1 Å². The minimum Gasteiger partial charge on any atom is -0.489 e. The van der Waals surface area contributed by atoms with Gasteiger partial charge in [0.1, 0.15) is 18.2 Å². The van der Waals surface area contributed by atoms with Crippen LogP contribution in [-0.4, -0.2) is 23.3 Å². The quantitative estimate of drug-likeness (QED) is 0.196. The van der Waals surface area contributed by atoms with Crippen molar-refractivity contribution < 1.29 is 4.74 Å². The van der Waals surface area contributed by atoms with Crippen LogP contribution < -0.4 is 15.4 Å². The van der Waals surface area contributed by atoms with E-state index >= 15 is 0 Å². The predicted octanol–water partition coefficient (Wildman–Crippen LogP) is 7.05. The number of hydrogen-bond acceptors (Lipinski definition) is 5. The molecule has 1 fully saturated rings. The number of unbranched alkanes of at least 4 members (excludes halogenated alkanes) is 2. The molecule has 2 heterocycles. The standard InChI is InChI=1S/C32H40N4O/c1-4-5-6-7-28-18-21-35-32(36-28)30(31(33)27-16-19-34-20-17-27)26-12-14-29(15-13-26)37-22-24-8-10-25(11-9-24)23(2)3/h8-17,19-20,23,28,33,35-36H,4-7,18,21-22H2,1-3H3/b32-30-,33-31?. The van der Waals surface area contributed by atoms with Crippen LogP contribution in [0.5, 0.6) is 5.75 Å². The molecule has 3 aromatic rings. The third kappa shape index (κ3) is 7.22. The number of nitrogens with zero attached hydrogens (tertiary/aromatic N) is 1. The zero-order valence-corrected chi connectivity index (χ0v) is 22.4. The average Bonchev–Trinajstić information content (AvgIpc) is 2.94. The topological polar surface area (TPSA) is 70.0 Å². The summed E-state index contributed by atoms with van der Waals surface area (Å²) in [6, 6.07) is 21.0. The van der Waals surface area contributed by atoms with E-state index in [0.717, 1.165) is 53.2 Å². The molecule has 194 valence electrons. The fourth-order valence-corrected chi connectivity index (χ4v) is 4.68. The molecule has 1 aromatic heterocycles. The normalized spacial score (nSPS) is 16.6. The van der Waals surface area contributed by atoms with Crippen LogP contribution in [0.2, 0.25) is 0 Å². The molecule has 0 amide bonds. The van der Waals surface area contributed by atoms with Crippen molar-refractivity contribution in [3.05, 3.63) is 101 Å². The van der Waals surface area contributed by atoms with Crippen LogP contribution in [0.25, 0.3) is 5.57 Å². The molecule has 1 atom stereocenters. The molecule has 5 heteroatoms. The molecule has 1 unspecified atom stereocenters. The Bertz CT molecular complexity index is 1170. The van der Waals surface area contributed by atoms with Crippen LogP contribution in [-0.2, 0) is 6.61 Å². The molecule has 0 radical (unpaired) electrons. The second kappa shape index (κ2) is 13.1. The van der Waals surface area contributed by atoms with Crippen molar-refractivity contribution in [1.82, 2.24) is 15.6 Å². The fourth-order valence-electron chi connectivity index (χ4n) is 4.68. The number of ether oxygens (including phenoxy) is 1. The van der Waals surface area contributed by atoms with Gasteiger partial charge in [0.15, 0.2) is 0 Å². The van der Waals surface area contributed by atoms with Gasteiger partial charge in [-0.1, -0.05) is 76.4 Å². The van der Waals surface area contributed by atoms with Gasteiger partial charge in [0, 0.05) is 36.1 Å².